The predicted octanol–water partition coefficient (Wildman–Crippen LogP) is 3.39. The smallest absolute Gasteiger partial charge is 0.220 e. The summed E-state index contributed by atoms with van der Waals surface area (Å²) in [6, 6.07) is 3.15. The third-order valence-electron chi connectivity index (χ3n) is 4.11. The number of benzene rings is 1. The Morgan fingerprint density at radius 2 is 2.05 bits per heavy atom. The fourth-order valence-electron chi connectivity index (χ4n) is 2.76. The molecule has 2 rings (SSSR count). The highest BCUT2D eigenvalue weighted by Gasteiger charge is 2.15. The molecule has 1 aromatic carbocycles. The molecule has 3 N–H and O–H groups in total. The molecule has 120 valence electrons. The lowest BCUT2D eigenvalue weighted by Gasteiger charge is -2.14. The van der Waals surface area contributed by atoms with Gasteiger partial charge in [-0.3, -0.25) is 0 Å². The molecule has 22 heavy (non-hydrogen) atoms. The van der Waals surface area contributed by atoms with Crippen LogP contribution in [0.4, 0.5) is 10.3 Å². The molecule has 0 saturated carbocycles. The molecule has 1 aromatic heterocycles. The summed E-state index contributed by atoms with van der Waals surface area (Å²) in [6.07, 6.45) is 4.54. The zero-order valence-electron chi connectivity index (χ0n) is 13.3. The van der Waals surface area contributed by atoms with E-state index in [0.29, 0.717) is 23.0 Å². The van der Waals surface area contributed by atoms with Gasteiger partial charge in [0.25, 0.3) is 0 Å². The number of unbranched alkanes of at least 4 members (excludes halogenated alkanes) is 1. The molecule has 1 heterocycles. The Bertz CT molecular complexity index is 645. The van der Waals surface area contributed by atoms with E-state index < -0.39 is 0 Å². The lowest BCUT2D eigenvalue weighted by Crippen LogP contribution is -2.10. The monoisotopic (exact) mass is 305 g/mol. The molecule has 0 spiro atoms. The predicted molar refractivity (Wildman–Crippen MR) is 87.1 cm³/mol. The number of aromatic nitrogens is 2. The fourth-order valence-corrected chi connectivity index (χ4v) is 2.76. The zero-order valence-corrected chi connectivity index (χ0v) is 13.3. The molecule has 0 fully saturated rings. The molecule has 1 atom stereocenters. The van der Waals surface area contributed by atoms with Gasteiger partial charge in [0.15, 0.2) is 0 Å². The highest BCUT2D eigenvalue weighted by Crippen LogP contribution is 2.25. The van der Waals surface area contributed by atoms with Crippen molar-refractivity contribution >= 4 is 16.9 Å². The van der Waals surface area contributed by atoms with Crippen molar-refractivity contribution in [1.82, 2.24) is 9.97 Å². The Balaban J connectivity index is 2.29. The average Bonchev–Trinajstić information content (AvgIpc) is 2.51. The number of nitrogen functional groups attached to an aromatic ring is 1. The Hall–Kier alpha value is -1.75. The van der Waals surface area contributed by atoms with Crippen molar-refractivity contribution in [1.29, 1.82) is 0 Å². The minimum atomic E-state index is -0.315. The van der Waals surface area contributed by atoms with Crippen LogP contribution in [0.15, 0.2) is 12.1 Å². The zero-order chi connectivity index (χ0) is 16.1. The standard InChI is InChI=1S/C17H24FN3O/c1-3-4-5-12(10-22)7-9-14-15-13(18)8-6-11(2)16(15)21-17(19)20-14/h6,8,12,22H,3-5,7,9-10H2,1-2H3,(H2,19,20,21)/t12-/m0/s1. The molecule has 0 bridgehead atoms. The van der Waals surface area contributed by atoms with E-state index in [1.165, 1.54) is 6.07 Å². The highest BCUT2D eigenvalue weighted by molar-refractivity contribution is 5.85. The van der Waals surface area contributed by atoms with E-state index in [1.807, 2.05) is 6.92 Å². The largest absolute Gasteiger partial charge is 0.396 e. The summed E-state index contributed by atoms with van der Waals surface area (Å²) in [5.41, 5.74) is 7.87. The number of halogens is 1. The maximum atomic E-state index is 14.2. The molecule has 0 aliphatic rings. The van der Waals surface area contributed by atoms with Crippen LogP contribution in [0.5, 0.6) is 0 Å². The number of hydrogen-bond donors (Lipinski definition) is 2. The maximum absolute atomic E-state index is 14.2. The van der Waals surface area contributed by atoms with Crippen LogP contribution in [-0.4, -0.2) is 21.7 Å². The molecule has 0 saturated heterocycles. The minimum Gasteiger partial charge on any atom is -0.396 e. The first-order valence-corrected chi connectivity index (χ1v) is 7.88. The van der Waals surface area contributed by atoms with Gasteiger partial charge in [-0.05, 0) is 43.7 Å². The van der Waals surface area contributed by atoms with Gasteiger partial charge in [0.1, 0.15) is 5.82 Å². The number of rotatable bonds is 7. The first-order chi connectivity index (χ1) is 10.6. The Kier molecular flexibility index (Phi) is 5.66. The van der Waals surface area contributed by atoms with Crippen LogP contribution < -0.4 is 5.73 Å². The second kappa shape index (κ2) is 7.49. The number of fused-ring (bicyclic) bond motifs is 1. The number of aliphatic hydroxyl groups is 1. The Morgan fingerprint density at radius 3 is 2.73 bits per heavy atom. The molecule has 0 aliphatic heterocycles. The summed E-state index contributed by atoms with van der Waals surface area (Å²) in [7, 11) is 0. The molecule has 0 amide bonds. The van der Waals surface area contributed by atoms with Crippen LogP contribution >= 0.6 is 0 Å². The van der Waals surface area contributed by atoms with Gasteiger partial charge in [0.2, 0.25) is 5.95 Å². The third kappa shape index (κ3) is 3.71. The fraction of sp³-hybridized carbons (Fsp3) is 0.529. The van der Waals surface area contributed by atoms with Gasteiger partial charge >= 0.3 is 0 Å². The summed E-state index contributed by atoms with van der Waals surface area (Å²) in [6.45, 7) is 4.17. The third-order valence-corrected chi connectivity index (χ3v) is 4.11. The second-order valence-corrected chi connectivity index (χ2v) is 5.85. The van der Waals surface area contributed by atoms with E-state index in [1.54, 1.807) is 6.07 Å². The quantitative estimate of drug-likeness (QED) is 0.822. The van der Waals surface area contributed by atoms with Crippen LogP contribution in [0, 0.1) is 18.7 Å². The van der Waals surface area contributed by atoms with Crippen LogP contribution in [-0.2, 0) is 6.42 Å². The van der Waals surface area contributed by atoms with Crippen LogP contribution in [0.1, 0.15) is 43.9 Å². The number of aliphatic hydroxyl groups excluding tert-OH is 1. The van der Waals surface area contributed by atoms with Gasteiger partial charge in [-0.25, -0.2) is 14.4 Å². The average molecular weight is 305 g/mol. The number of nitrogens with zero attached hydrogens (tertiary/aromatic N) is 2. The lowest BCUT2D eigenvalue weighted by molar-refractivity contribution is 0.208. The topological polar surface area (TPSA) is 72.0 Å². The summed E-state index contributed by atoms with van der Waals surface area (Å²) < 4.78 is 14.2. The van der Waals surface area contributed by atoms with E-state index in [0.717, 1.165) is 31.2 Å². The van der Waals surface area contributed by atoms with Crippen molar-refractivity contribution in [3.63, 3.8) is 0 Å². The molecule has 2 aromatic rings. The van der Waals surface area contributed by atoms with Crippen molar-refractivity contribution in [2.24, 2.45) is 5.92 Å². The van der Waals surface area contributed by atoms with E-state index in [4.69, 9.17) is 5.73 Å². The SMILES string of the molecule is CCCC[C@H](CO)CCc1nc(N)nc2c(C)ccc(F)c12. The normalized spacial score (nSPS) is 12.7. The van der Waals surface area contributed by atoms with Crippen molar-refractivity contribution in [2.75, 3.05) is 12.3 Å². The number of hydrogen-bond acceptors (Lipinski definition) is 4. The molecule has 5 heteroatoms. The summed E-state index contributed by atoms with van der Waals surface area (Å²) in [5, 5.41) is 9.93. The van der Waals surface area contributed by atoms with Gasteiger partial charge in [-0.1, -0.05) is 25.8 Å². The molecular formula is C17H24FN3O. The van der Waals surface area contributed by atoms with E-state index in [9.17, 15) is 9.50 Å². The molecule has 0 aliphatic carbocycles. The second-order valence-electron chi connectivity index (χ2n) is 5.85. The van der Waals surface area contributed by atoms with E-state index >= 15 is 0 Å². The molecule has 0 unspecified atom stereocenters. The Labute approximate surface area is 130 Å². The molecule has 4 nitrogen and oxygen atoms in total. The van der Waals surface area contributed by atoms with Gasteiger partial charge in [-0.2, -0.15) is 0 Å². The van der Waals surface area contributed by atoms with Gasteiger partial charge in [-0.15, -0.1) is 0 Å². The van der Waals surface area contributed by atoms with Gasteiger partial charge in [0.05, 0.1) is 16.6 Å². The van der Waals surface area contributed by atoms with Gasteiger partial charge in [0, 0.05) is 6.61 Å². The van der Waals surface area contributed by atoms with Crippen molar-refractivity contribution in [2.45, 2.75) is 46.0 Å². The van der Waals surface area contributed by atoms with Crippen molar-refractivity contribution < 1.29 is 9.50 Å². The molecule has 0 radical (unpaired) electrons. The Morgan fingerprint density at radius 1 is 1.27 bits per heavy atom. The summed E-state index contributed by atoms with van der Waals surface area (Å²) in [5.74, 6) is 0.0778. The summed E-state index contributed by atoms with van der Waals surface area (Å²) in [4.78, 5) is 8.41. The van der Waals surface area contributed by atoms with Crippen LogP contribution in [0.2, 0.25) is 0 Å². The number of aryl methyl sites for hydroxylation is 2. The van der Waals surface area contributed by atoms with E-state index in [-0.39, 0.29) is 24.3 Å². The van der Waals surface area contributed by atoms with Crippen LogP contribution in [0.25, 0.3) is 10.9 Å². The van der Waals surface area contributed by atoms with Crippen molar-refractivity contribution in [3.8, 4) is 0 Å². The first-order valence-electron chi connectivity index (χ1n) is 7.88. The first kappa shape index (κ1) is 16.6. The maximum Gasteiger partial charge on any atom is 0.220 e. The minimum absolute atomic E-state index is 0.153. The van der Waals surface area contributed by atoms with Gasteiger partial charge < -0.3 is 10.8 Å². The molecular weight excluding hydrogens is 281 g/mol. The van der Waals surface area contributed by atoms with E-state index in [2.05, 4.69) is 16.9 Å². The number of nitrogens with two attached hydrogens (primary N) is 1. The lowest BCUT2D eigenvalue weighted by atomic mass is 9.95. The number of anilines is 1. The van der Waals surface area contributed by atoms with Crippen molar-refractivity contribution in [3.05, 3.63) is 29.2 Å². The highest BCUT2D eigenvalue weighted by atomic mass is 19.1. The summed E-state index contributed by atoms with van der Waals surface area (Å²) >= 11 is 0. The van der Waals surface area contributed by atoms with Crippen LogP contribution in [0.3, 0.4) is 0 Å².